The Balaban J connectivity index is 1.44. The summed E-state index contributed by atoms with van der Waals surface area (Å²) in [6, 6.07) is 4.31. The van der Waals surface area contributed by atoms with Crippen LogP contribution >= 0.6 is 0 Å². The normalized spacial score (nSPS) is 21.5. The van der Waals surface area contributed by atoms with E-state index in [0.29, 0.717) is 37.9 Å². The highest BCUT2D eigenvalue weighted by molar-refractivity contribution is 5.95. The molecule has 0 aromatic heterocycles. The van der Waals surface area contributed by atoms with E-state index in [0.717, 1.165) is 25.7 Å². The number of primary amides is 1. The number of likely N-dealkylation sites (tertiary alicyclic amines) is 1. The van der Waals surface area contributed by atoms with Gasteiger partial charge in [0.05, 0.1) is 0 Å². The number of hydrogen-bond acceptors (Lipinski definition) is 5. The monoisotopic (exact) mass is 558 g/mol. The van der Waals surface area contributed by atoms with Gasteiger partial charge in [-0.1, -0.05) is 24.5 Å². The topological polar surface area (TPSA) is 131 Å². The molecule has 220 valence electrons. The van der Waals surface area contributed by atoms with Crippen molar-refractivity contribution in [2.24, 2.45) is 17.6 Å². The number of rotatable bonds is 12. The Morgan fingerprint density at radius 2 is 1.82 bits per heavy atom. The molecule has 1 aromatic carbocycles. The van der Waals surface area contributed by atoms with Crippen LogP contribution in [0, 0.1) is 17.7 Å². The molecule has 10 heteroatoms. The number of halogens is 1. The standard InChI is InChI=1S/C30H43FN4O5/c1-19(22-18-23(22)27(37)33-21-15-13-20(31)14-16-21)10-7-5-6-8-11-24(34-29(39)40-30(2,3)4)28(38)35-17-9-12-25(35)26(32)36/h10,13-16,22-25H,5-9,11-12,17-18H2,1-4H3,(H2,32,36)(H,33,37)(H,34,39)/b19-10-/t22-,23-,24?,25-/m0/s1. The fraction of sp³-hybridized carbons (Fsp3) is 0.600. The first-order valence-corrected chi connectivity index (χ1v) is 14.2. The molecule has 1 aliphatic heterocycles. The van der Waals surface area contributed by atoms with Crippen LogP contribution in [0.15, 0.2) is 35.9 Å². The number of alkyl carbamates (subject to hydrolysis) is 1. The first kappa shape index (κ1) is 31.1. The molecule has 0 spiro atoms. The lowest BCUT2D eigenvalue weighted by Crippen LogP contribution is -2.53. The van der Waals surface area contributed by atoms with Crippen LogP contribution in [0.5, 0.6) is 0 Å². The lowest BCUT2D eigenvalue weighted by Gasteiger charge is -2.29. The van der Waals surface area contributed by atoms with Crippen LogP contribution in [0.1, 0.15) is 79.1 Å². The van der Waals surface area contributed by atoms with Gasteiger partial charge >= 0.3 is 6.09 Å². The Hall–Kier alpha value is -3.43. The zero-order chi connectivity index (χ0) is 29.4. The van der Waals surface area contributed by atoms with Gasteiger partial charge in [-0.3, -0.25) is 14.4 Å². The first-order chi connectivity index (χ1) is 18.9. The van der Waals surface area contributed by atoms with Gasteiger partial charge in [-0.25, -0.2) is 9.18 Å². The van der Waals surface area contributed by atoms with Crippen molar-refractivity contribution >= 4 is 29.5 Å². The van der Waals surface area contributed by atoms with Crippen molar-refractivity contribution in [3.63, 3.8) is 0 Å². The number of unbranched alkanes of at least 4 members (excludes halogenated alkanes) is 3. The fourth-order valence-electron chi connectivity index (χ4n) is 5.14. The fourth-order valence-corrected chi connectivity index (χ4v) is 5.14. The largest absolute Gasteiger partial charge is 0.444 e. The quantitative estimate of drug-likeness (QED) is 0.254. The summed E-state index contributed by atoms with van der Waals surface area (Å²) < 4.78 is 18.4. The second kappa shape index (κ2) is 13.8. The molecule has 4 amide bonds. The summed E-state index contributed by atoms with van der Waals surface area (Å²) in [5.74, 6) is -1.07. The maximum absolute atomic E-state index is 13.3. The van der Waals surface area contributed by atoms with Crippen LogP contribution in [0.25, 0.3) is 0 Å². The van der Waals surface area contributed by atoms with Crippen molar-refractivity contribution in [2.45, 2.75) is 96.7 Å². The molecule has 4 N–H and O–H groups in total. The second-order valence-electron chi connectivity index (χ2n) is 11.8. The van der Waals surface area contributed by atoms with Gasteiger partial charge in [0.2, 0.25) is 17.7 Å². The number of carbonyl (C=O) groups is 4. The Labute approximate surface area is 236 Å². The van der Waals surface area contributed by atoms with Gasteiger partial charge in [0.1, 0.15) is 23.5 Å². The lowest BCUT2D eigenvalue weighted by molar-refractivity contribution is -0.139. The van der Waals surface area contributed by atoms with Crippen LogP contribution in [0.2, 0.25) is 0 Å². The van der Waals surface area contributed by atoms with Crippen molar-refractivity contribution in [3.05, 3.63) is 41.7 Å². The molecule has 4 atom stereocenters. The lowest BCUT2D eigenvalue weighted by atomic mass is 10.0. The zero-order valence-corrected chi connectivity index (χ0v) is 24.0. The summed E-state index contributed by atoms with van der Waals surface area (Å²) in [7, 11) is 0. The van der Waals surface area contributed by atoms with Crippen molar-refractivity contribution in [1.29, 1.82) is 0 Å². The van der Waals surface area contributed by atoms with Gasteiger partial charge in [0.15, 0.2) is 0 Å². The van der Waals surface area contributed by atoms with Crippen LogP contribution in [0.4, 0.5) is 14.9 Å². The number of hydrogen-bond donors (Lipinski definition) is 3. The Morgan fingerprint density at radius 3 is 2.48 bits per heavy atom. The van der Waals surface area contributed by atoms with Crippen molar-refractivity contribution in [1.82, 2.24) is 10.2 Å². The van der Waals surface area contributed by atoms with Crippen molar-refractivity contribution < 1.29 is 28.3 Å². The molecular weight excluding hydrogens is 515 g/mol. The number of carbonyl (C=O) groups excluding carboxylic acids is 4. The minimum Gasteiger partial charge on any atom is -0.444 e. The highest BCUT2D eigenvalue weighted by atomic mass is 19.1. The van der Waals surface area contributed by atoms with Gasteiger partial charge < -0.3 is 26.0 Å². The number of benzene rings is 1. The third-order valence-electron chi connectivity index (χ3n) is 7.34. The van der Waals surface area contributed by atoms with Crippen molar-refractivity contribution in [2.75, 3.05) is 11.9 Å². The number of nitrogens with one attached hydrogen (secondary N) is 2. The average Bonchev–Trinajstić information content (AvgIpc) is 3.53. The molecule has 2 fully saturated rings. The third kappa shape index (κ3) is 9.34. The molecule has 1 heterocycles. The van der Waals surface area contributed by atoms with E-state index in [9.17, 15) is 23.6 Å². The van der Waals surface area contributed by atoms with E-state index in [2.05, 4.69) is 16.7 Å². The number of nitrogens with two attached hydrogens (primary N) is 1. The van der Waals surface area contributed by atoms with E-state index in [1.54, 1.807) is 32.9 Å². The Kier molecular flexibility index (Phi) is 10.7. The second-order valence-corrected chi connectivity index (χ2v) is 11.8. The van der Waals surface area contributed by atoms with Crippen LogP contribution in [0.3, 0.4) is 0 Å². The molecule has 3 rings (SSSR count). The number of amides is 4. The Morgan fingerprint density at radius 1 is 1.12 bits per heavy atom. The van der Waals surface area contributed by atoms with Gasteiger partial charge in [-0.2, -0.15) is 0 Å². The summed E-state index contributed by atoms with van der Waals surface area (Å²) >= 11 is 0. The minimum absolute atomic E-state index is 0.0471. The van der Waals surface area contributed by atoms with Gasteiger partial charge in [0, 0.05) is 18.2 Å². The number of anilines is 1. The number of ether oxygens (including phenoxy) is 1. The minimum atomic E-state index is -0.793. The predicted octanol–water partition coefficient (Wildman–Crippen LogP) is 4.67. The summed E-state index contributed by atoms with van der Waals surface area (Å²) in [4.78, 5) is 51.5. The van der Waals surface area contributed by atoms with E-state index >= 15 is 0 Å². The third-order valence-corrected chi connectivity index (χ3v) is 7.34. The van der Waals surface area contributed by atoms with Crippen LogP contribution in [-0.4, -0.2) is 52.9 Å². The molecule has 0 bridgehead atoms. The molecule has 1 saturated heterocycles. The van der Waals surface area contributed by atoms with E-state index < -0.39 is 29.7 Å². The van der Waals surface area contributed by atoms with Crippen molar-refractivity contribution in [3.8, 4) is 0 Å². The summed E-state index contributed by atoms with van der Waals surface area (Å²) in [6.07, 6.45) is 7.26. The molecule has 0 radical (unpaired) electrons. The maximum atomic E-state index is 13.3. The molecule has 1 aromatic rings. The smallest absolute Gasteiger partial charge is 0.408 e. The zero-order valence-electron chi connectivity index (χ0n) is 24.0. The first-order valence-electron chi connectivity index (χ1n) is 14.2. The summed E-state index contributed by atoms with van der Waals surface area (Å²) in [5.41, 5.74) is 6.57. The molecular formula is C30H43FN4O5. The van der Waals surface area contributed by atoms with E-state index in [-0.39, 0.29) is 29.5 Å². The molecule has 1 saturated carbocycles. The van der Waals surface area contributed by atoms with Crippen LogP contribution in [-0.2, 0) is 19.1 Å². The highest BCUT2D eigenvalue weighted by Crippen LogP contribution is 2.44. The summed E-state index contributed by atoms with van der Waals surface area (Å²) in [6.45, 7) is 7.74. The molecule has 1 aliphatic carbocycles. The Bertz CT molecular complexity index is 1100. The van der Waals surface area contributed by atoms with Gasteiger partial charge in [-0.05, 0) is 96.4 Å². The van der Waals surface area contributed by atoms with E-state index in [1.165, 1.54) is 22.6 Å². The maximum Gasteiger partial charge on any atom is 0.408 e. The molecule has 1 unspecified atom stereocenters. The van der Waals surface area contributed by atoms with E-state index in [1.807, 2.05) is 6.92 Å². The van der Waals surface area contributed by atoms with Gasteiger partial charge in [-0.15, -0.1) is 0 Å². The molecule has 2 aliphatic rings. The summed E-state index contributed by atoms with van der Waals surface area (Å²) in [5, 5.41) is 5.55. The highest BCUT2D eigenvalue weighted by Gasteiger charge is 2.43. The number of allylic oxidation sites excluding steroid dienone is 2. The SMILES string of the molecule is C/C(=C/CCCCCC(NC(=O)OC(C)(C)C)C(=O)N1CCC[C@H]1C(N)=O)[C@@H]1C[C@@H]1C(=O)Nc1ccc(F)cc1. The molecule has 9 nitrogen and oxygen atoms in total. The van der Waals surface area contributed by atoms with Gasteiger partial charge in [0.25, 0.3) is 0 Å². The number of nitrogens with zero attached hydrogens (tertiary/aromatic N) is 1. The van der Waals surface area contributed by atoms with Crippen LogP contribution < -0.4 is 16.4 Å². The van der Waals surface area contributed by atoms with E-state index in [4.69, 9.17) is 10.5 Å². The average molecular weight is 559 g/mol. The predicted molar refractivity (Wildman–Crippen MR) is 151 cm³/mol. The molecule has 40 heavy (non-hydrogen) atoms.